The number of rotatable bonds is 4. The molecule has 0 bridgehead atoms. The summed E-state index contributed by atoms with van der Waals surface area (Å²) < 4.78 is 14.0. The highest BCUT2D eigenvalue weighted by Gasteiger charge is 2.29. The van der Waals surface area contributed by atoms with Crippen LogP contribution in [0.5, 0.6) is 0 Å². The lowest BCUT2D eigenvalue weighted by Crippen LogP contribution is -2.17. The zero-order valence-electron chi connectivity index (χ0n) is 8.01. The van der Waals surface area contributed by atoms with Gasteiger partial charge in [-0.1, -0.05) is 0 Å². The minimum Gasteiger partial charge on any atom is -0.366 e. The lowest BCUT2D eigenvalue weighted by atomic mass is 10.3. The topological polar surface area (TPSA) is 24.9 Å². The zero-order valence-corrected chi connectivity index (χ0v) is 10.4. The van der Waals surface area contributed by atoms with E-state index in [0.29, 0.717) is 16.9 Å². The Morgan fingerprint density at radius 3 is 3.00 bits per heavy atom. The molecule has 82 valence electrons. The van der Waals surface area contributed by atoms with Gasteiger partial charge < -0.3 is 5.32 Å². The van der Waals surface area contributed by atoms with Gasteiger partial charge in [-0.3, -0.25) is 0 Å². The predicted octanol–water partition coefficient (Wildman–Crippen LogP) is 3.41. The molecule has 0 saturated heterocycles. The number of hydrogen-bond donors (Lipinski definition) is 1. The Kier molecular flexibility index (Phi) is 3.46. The van der Waals surface area contributed by atoms with Crippen LogP contribution in [0.1, 0.15) is 12.8 Å². The fourth-order valence-electron chi connectivity index (χ4n) is 1.36. The van der Waals surface area contributed by atoms with Crippen LogP contribution in [0.15, 0.2) is 16.7 Å². The van der Waals surface area contributed by atoms with Crippen LogP contribution in [-0.4, -0.2) is 16.9 Å². The van der Waals surface area contributed by atoms with Crippen LogP contribution in [-0.2, 0) is 0 Å². The average Bonchev–Trinajstić information content (AvgIpc) is 2.99. The largest absolute Gasteiger partial charge is 0.366 e. The van der Waals surface area contributed by atoms with Crippen molar-refractivity contribution < 1.29 is 4.39 Å². The van der Waals surface area contributed by atoms with Gasteiger partial charge in [0.1, 0.15) is 0 Å². The standard InChI is InChI=1S/C10H11BrClFN2/c11-7-3-9(13)10(14-4-7)15-5-8(12)6-1-2-6/h3-4,6,8H,1-2,5H2,(H,14,15). The first kappa shape index (κ1) is 11.1. The molecule has 1 fully saturated rings. The number of anilines is 1. The number of nitrogens with zero attached hydrogens (tertiary/aromatic N) is 1. The molecular weight excluding hydrogens is 282 g/mol. The van der Waals surface area contributed by atoms with Gasteiger partial charge >= 0.3 is 0 Å². The van der Waals surface area contributed by atoms with Crippen LogP contribution < -0.4 is 5.32 Å². The number of nitrogens with one attached hydrogen (secondary N) is 1. The van der Waals surface area contributed by atoms with Gasteiger partial charge in [-0.05, 0) is 40.8 Å². The molecule has 1 aliphatic rings. The summed E-state index contributed by atoms with van der Waals surface area (Å²) in [4.78, 5) is 3.94. The van der Waals surface area contributed by atoms with Crippen molar-refractivity contribution in [3.63, 3.8) is 0 Å². The molecule has 0 spiro atoms. The highest BCUT2D eigenvalue weighted by molar-refractivity contribution is 9.10. The molecule has 1 unspecified atom stereocenters. The van der Waals surface area contributed by atoms with E-state index in [9.17, 15) is 4.39 Å². The van der Waals surface area contributed by atoms with Gasteiger partial charge in [0, 0.05) is 17.2 Å². The van der Waals surface area contributed by atoms with E-state index in [1.807, 2.05) is 0 Å². The van der Waals surface area contributed by atoms with Crippen molar-refractivity contribution in [3.05, 3.63) is 22.6 Å². The molecule has 15 heavy (non-hydrogen) atoms. The second-order valence-corrected chi connectivity index (χ2v) is 5.19. The Hall–Kier alpha value is -0.350. The Bertz CT molecular complexity index is 357. The average molecular weight is 294 g/mol. The van der Waals surface area contributed by atoms with Crippen molar-refractivity contribution >= 4 is 33.3 Å². The molecule has 0 amide bonds. The SMILES string of the molecule is Fc1cc(Br)cnc1NCC(Cl)C1CC1. The van der Waals surface area contributed by atoms with Crippen LogP contribution in [0.3, 0.4) is 0 Å². The van der Waals surface area contributed by atoms with Gasteiger partial charge in [-0.2, -0.15) is 0 Å². The quantitative estimate of drug-likeness (QED) is 0.861. The molecule has 0 aliphatic heterocycles. The summed E-state index contributed by atoms with van der Waals surface area (Å²) in [5.41, 5.74) is 0. The van der Waals surface area contributed by atoms with E-state index in [4.69, 9.17) is 11.6 Å². The smallest absolute Gasteiger partial charge is 0.166 e. The third kappa shape index (κ3) is 3.05. The van der Waals surface area contributed by atoms with E-state index in [1.165, 1.54) is 18.9 Å². The molecule has 0 radical (unpaired) electrons. The van der Waals surface area contributed by atoms with E-state index in [0.717, 1.165) is 0 Å². The highest BCUT2D eigenvalue weighted by Crippen LogP contribution is 2.35. The molecule has 1 saturated carbocycles. The Morgan fingerprint density at radius 1 is 1.67 bits per heavy atom. The molecule has 1 N–H and O–H groups in total. The van der Waals surface area contributed by atoms with Crippen LogP contribution >= 0.6 is 27.5 Å². The fraction of sp³-hybridized carbons (Fsp3) is 0.500. The van der Waals surface area contributed by atoms with Crippen molar-refractivity contribution in [1.29, 1.82) is 0 Å². The summed E-state index contributed by atoms with van der Waals surface area (Å²) in [6.45, 7) is 0.567. The Labute approximate surface area is 101 Å². The second-order valence-electron chi connectivity index (χ2n) is 3.72. The van der Waals surface area contributed by atoms with E-state index in [-0.39, 0.29) is 17.0 Å². The molecule has 2 nitrogen and oxygen atoms in total. The van der Waals surface area contributed by atoms with Crippen LogP contribution in [0.25, 0.3) is 0 Å². The maximum atomic E-state index is 13.3. The van der Waals surface area contributed by atoms with E-state index < -0.39 is 0 Å². The molecule has 0 aromatic carbocycles. The fourth-order valence-corrected chi connectivity index (χ4v) is 2.00. The van der Waals surface area contributed by atoms with Crippen LogP contribution in [0.2, 0.25) is 0 Å². The molecule has 1 aromatic rings. The molecular formula is C10H11BrClFN2. The highest BCUT2D eigenvalue weighted by atomic mass is 79.9. The minimum atomic E-state index is -0.357. The lowest BCUT2D eigenvalue weighted by molar-refractivity contribution is 0.621. The third-order valence-corrected chi connectivity index (χ3v) is 3.35. The summed E-state index contributed by atoms with van der Waals surface area (Å²) in [6.07, 6.45) is 3.93. The van der Waals surface area contributed by atoms with Gasteiger partial charge in [0.05, 0.1) is 5.38 Å². The molecule has 2 rings (SSSR count). The summed E-state index contributed by atoms with van der Waals surface area (Å²) in [6, 6.07) is 1.38. The molecule has 1 aromatic heterocycles. The van der Waals surface area contributed by atoms with Gasteiger partial charge in [-0.15, -0.1) is 11.6 Å². The molecule has 5 heteroatoms. The summed E-state index contributed by atoms with van der Waals surface area (Å²) in [5, 5.41) is 3.00. The number of alkyl halides is 1. The van der Waals surface area contributed by atoms with Gasteiger partial charge in [0.15, 0.2) is 11.6 Å². The second kappa shape index (κ2) is 4.66. The van der Waals surface area contributed by atoms with Crippen molar-refractivity contribution in [2.24, 2.45) is 5.92 Å². The van der Waals surface area contributed by atoms with Gasteiger partial charge in [0.2, 0.25) is 0 Å². The first-order valence-electron chi connectivity index (χ1n) is 4.86. The first-order chi connectivity index (χ1) is 7.16. The number of pyridine rings is 1. The van der Waals surface area contributed by atoms with Crippen molar-refractivity contribution in [2.75, 3.05) is 11.9 Å². The molecule has 1 heterocycles. The number of hydrogen-bond acceptors (Lipinski definition) is 2. The summed E-state index contributed by atoms with van der Waals surface area (Å²) in [7, 11) is 0. The number of aromatic nitrogens is 1. The lowest BCUT2D eigenvalue weighted by Gasteiger charge is -2.10. The van der Waals surface area contributed by atoms with Crippen LogP contribution in [0.4, 0.5) is 10.2 Å². The van der Waals surface area contributed by atoms with Crippen molar-refractivity contribution in [1.82, 2.24) is 4.98 Å². The Balaban J connectivity index is 1.92. The summed E-state index contributed by atoms with van der Waals surface area (Å²) in [5.74, 6) is 0.506. The predicted molar refractivity (Wildman–Crippen MR) is 62.7 cm³/mol. The molecule has 1 atom stereocenters. The van der Waals surface area contributed by atoms with E-state index in [1.54, 1.807) is 6.20 Å². The van der Waals surface area contributed by atoms with E-state index >= 15 is 0 Å². The van der Waals surface area contributed by atoms with Crippen molar-refractivity contribution in [3.8, 4) is 0 Å². The van der Waals surface area contributed by atoms with Crippen LogP contribution in [0, 0.1) is 11.7 Å². The maximum absolute atomic E-state index is 13.3. The zero-order chi connectivity index (χ0) is 10.8. The monoisotopic (exact) mass is 292 g/mol. The van der Waals surface area contributed by atoms with Gasteiger partial charge in [0.25, 0.3) is 0 Å². The summed E-state index contributed by atoms with van der Waals surface area (Å²) >= 11 is 9.24. The third-order valence-electron chi connectivity index (χ3n) is 2.41. The number of halogens is 3. The first-order valence-corrected chi connectivity index (χ1v) is 6.09. The molecule has 1 aliphatic carbocycles. The van der Waals surface area contributed by atoms with E-state index in [2.05, 4.69) is 26.2 Å². The van der Waals surface area contributed by atoms with Crippen molar-refractivity contribution in [2.45, 2.75) is 18.2 Å². The Morgan fingerprint density at radius 2 is 2.40 bits per heavy atom. The normalized spacial score (nSPS) is 17.5. The van der Waals surface area contributed by atoms with Gasteiger partial charge in [-0.25, -0.2) is 9.37 Å². The maximum Gasteiger partial charge on any atom is 0.166 e. The minimum absolute atomic E-state index is 0.0786.